The molecule has 130 valence electrons. The van der Waals surface area contributed by atoms with Crippen molar-refractivity contribution in [1.29, 1.82) is 0 Å². The highest BCUT2D eigenvalue weighted by Crippen LogP contribution is 2.33. The van der Waals surface area contributed by atoms with E-state index in [9.17, 15) is 18.0 Å². The van der Waals surface area contributed by atoms with Gasteiger partial charge in [0.2, 0.25) is 15.9 Å². The lowest BCUT2D eigenvalue weighted by Gasteiger charge is -2.24. The number of halogens is 1. The van der Waals surface area contributed by atoms with Crippen molar-refractivity contribution in [1.82, 2.24) is 4.90 Å². The third-order valence-electron chi connectivity index (χ3n) is 4.60. The maximum Gasteiger partial charge on any atom is 0.254 e. The molecule has 8 heteroatoms. The lowest BCUT2D eigenvalue weighted by molar-refractivity contribution is -0.116. The predicted octanol–water partition coefficient (Wildman–Crippen LogP) is 2.42. The van der Waals surface area contributed by atoms with Gasteiger partial charge >= 0.3 is 0 Å². The van der Waals surface area contributed by atoms with Crippen molar-refractivity contribution in [3.63, 3.8) is 0 Å². The van der Waals surface area contributed by atoms with E-state index in [1.165, 1.54) is 12.1 Å². The number of nitrogens with zero attached hydrogens (tertiary/aromatic N) is 2. The molecule has 1 atom stereocenters. The van der Waals surface area contributed by atoms with Gasteiger partial charge < -0.3 is 4.90 Å². The van der Waals surface area contributed by atoms with Gasteiger partial charge in [-0.3, -0.25) is 9.59 Å². The Labute approximate surface area is 146 Å². The molecule has 2 heterocycles. The van der Waals surface area contributed by atoms with Crippen molar-refractivity contribution in [3.8, 4) is 0 Å². The van der Waals surface area contributed by atoms with Crippen LogP contribution in [0.3, 0.4) is 0 Å². The topological polar surface area (TPSA) is 74.8 Å². The van der Waals surface area contributed by atoms with Crippen LogP contribution in [0, 0.1) is 0 Å². The van der Waals surface area contributed by atoms with Crippen LogP contribution in [0.5, 0.6) is 0 Å². The molecule has 6 nitrogen and oxygen atoms in total. The summed E-state index contributed by atoms with van der Waals surface area (Å²) in [4.78, 5) is 26.6. The van der Waals surface area contributed by atoms with E-state index in [1.807, 2.05) is 11.8 Å². The van der Waals surface area contributed by atoms with Gasteiger partial charge in [0.25, 0.3) is 5.91 Å². The molecule has 3 rings (SSSR count). The number of hydrogen-bond donors (Lipinski definition) is 0. The minimum absolute atomic E-state index is 0.0669. The van der Waals surface area contributed by atoms with Crippen LogP contribution in [0.4, 0.5) is 5.69 Å². The van der Waals surface area contributed by atoms with Crippen molar-refractivity contribution in [2.45, 2.75) is 38.6 Å². The first-order valence-electron chi connectivity index (χ1n) is 8.01. The van der Waals surface area contributed by atoms with Crippen LogP contribution in [-0.2, 0) is 14.8 Å². The fourth-order valence-electron chi connectivity index (χ4n) is 3.34. The maximum atomic E-state index is 12.8. The van der Waals surface area contributed by atoms with Crippen LogP contribution < -0.4 is 4.31 Å². The highest BCUT2D eigenvalue weighted by molar-refractivity contribution is 7.94. The SMILES string of the molecule is CCC1CCCN1C(=O)c1ccc(Cl)c(N2C(=O)CCS2(=O)=O)c1. The number of carbonyl (C=O) groups is 2. The summed E-state index contributed by atoms with van der Waals surface area (Å²) in [6.45, 7) is 2.73. The molecule has 2 amide bonds. The predicted molar refractivity (Wildman–Crippen MR) is 91.7 cm³/mol. The van der Waals surface area contributed by atoms with E-state index < -0.39 is 15.9 Å². The van der Waals surface area contributed by atoms with Crippen LogP contribution in [0.15, 0.2) is 18.2 Å². The molecule has 1 unspecified atom stereocenters. The molecule has 0 aliphatic carbocycles. The van der Waals surface area contributed by atoms with Crippen molar-refractivity contribution < 1.29 is 18.0 Å². The van der Waals surface area contributed by atoms with E-state index in [2.05, 4.69) is 0 Å². The number of sulfonamides is 1. The number of carbonyl (C=O) groups excluding carboxylic acids is 2. The summed E-state index contributed by atoms with van der Waals surface area (Å²) in [6, 6.07) is 4.67. The molecular formula is C16H19ClN2O4S. The standard InChI is InChI=1S/C16H19ClN2O4S/c1-2-12-4-3-8-18(12)16(21)11-5-6-13(17)14(10-11)19-15(20)7-9-24(19,22)23/h5-6,10,12H,2-4,7-9H2,1H3. The normalized spacial score (nSPS) is 23.1. The number of likely N-dealkylation sites (tertiary alicyclic amines) is 1. The van der Waals surface area contributed by atoms with Crippen LogP contribution >= 0.6 is 11.6 Å². The second kappa shape index (κ2) is 6.37. The number of amides is 2. The summed E-state index contributed by atoms with van der Waals surface area (Å²) in [7, 11) is -3.71. The van der Waals surface area contributed by atoms with Crippen LogP contribution in [0.2, 0.25) is 5.02 Å². The number of anilines is 1. The van der Waals surface area contributed by atoms with Gasteiger partial charge in [0.05, 0.1) is 16.5 Å². The van der Waals surface area contributed by atoms with Gasteiger partial charge in [-0.1, -0.05) is 18.5 Å². The summed E-state index contributed by atoms with van der Waals surface area (Å²) in [5.74, 6) is -0.903. The lowest BCUT2D eigenvalue weighted by atomic mass is 10.1. The molecule has 0 aromatic heterocycles. The van der Waals surface area contributed by atoms with E-state index in [0.717, 1.165) is 23.6 Å². The summed E-state index contributed by atoms with van der Waals surface area (Å²) >= 11 is 6.11. The first kappa shape index (κ1) is 17.2. The molecule has 0 saturated carbocycles. The van der Waals surface area contributed by atoms with Gasteiger partial charge in [-0.15, -0.1) is 0 Å². The largest absolute Gasteiger partial charge is 0.336 e. The fourth-order valence-corrected chi connectivity index (χ4v) is 5.06. The molecule has 2 fully saturated rings. The quantitative estimate of drug-likeness (QED) is 0.818. The van der Waals surface area contributed by atoms with E-state index in [4.69, 9.17) is 11.6 Å². The molecule has 0 spiro atoms. The monoisotopic (exact) mass is 370 g/mol. The Morgan fingerprint density at radius 3 is 2.75 bits per heavy atom. The summed E-state index contributed by atoms with van der Waals surface area (Å²) < 4.78 is 25.0. The number of benzene rings is 1. The molecule has 2 aliphatic heterocycles. The van der Waals surface area contributed by atoms with Gasteiger partial charge in [0.1, 0.15) is 0 Å². The highest BCUT2D eigenvalue weighted by Gasteiger charge is 2.38. The van der Waals surface area contributed by atoms with Crippen molar-refractivity contribution >= 4 is 39.1 Å². The average molecular weight is 371 g/mol. The highest BCUT2D eigenvalue weighted by atomic mass is 35.5. The minimum Gasteiger partial charge on any atom is -0.336 e. The molecule has 0 radical (unpaired) electrons. The zero-order valence-corrected chi connectivity index (χ0v) is 14.9. The van der Waals surface area contributed by atoms with Gasteiger partial charge in [-0.25, -0.2) is 12.7 Å². The Morgan fingerprint density at radius 2 is 2.12 bits per heavy atom. The van der Waals surface area contributed by atoms with Gasteiger partial charge in [0.15, 0.2) is 0 Å². The zero-order valence-electron chi connectivity index (χ0n) is 13.4. The smallest absolute Gasteiger partial charge is 0.254 e. The van der Waals surface area contributed by atoms with Crippen LogP contribution in [0.25, 0.3) is 0 Å². The summed E-state index contributed by atoms with van der Waals surface area (Å²) in [6.07, 6.45) is 2.75. The minimum atomic E-state index is -3.71. The van der Waals surface area contributed by atoms with Crippen LogP contribution in [-0.4, -0.2) is 43.5 Å². The van der Waals surface area contributed by atoms with E-state index in [1.54, 1.807) is 6.07 Å². The first-order valence-corrected chi connectivity index (χ1v) is 10.00. The Bertz CT molecular complexity index is 793. The van der Waals surface area contributed by atoms with Gasteiger partial charge in [0, 0.05) is 24.6 Å². The van der Waals surface area contributed by atoms with Crippen molar-refractivity contribution in [2.24, 2.45) is 0 Å². The average Bonchev–Trinajstić information content (AvgIpc) is 3.12. The first-order chi connectivity index (χ1) is 11.3. The van der Waals surface area contributed by atoms with Crippen LogP contribution in [0.1, 0.15) is 43.0 Å². The number of hydrogen-bond acceptors (Lipinski definition) is 4. The number of rotatable bonds is 3. The Morgan fingerprint density at radius 1 is 1.38 bits per heavy atom. The zero-order chi connectivity index (χ0) is 17.5. The second-order valence-electron chi connectivity index (χ2n) is 6.09. The van der Waals surface area contributed by atoms with Crippen molar-refractivity contribution in [3.05, 3.63) is 28.8 Å². The fraction of sp³-hybridized carbons (Fsp3) is 0.500. The summed E-state index contributed by atoms with van der Waals surface area (Å²) in [5, 5.41) is 0.138. The Balaban J connectivity index is 1.98. The molecule has 0 N–H and O–H groups in total. The van der Waals surface area contributed by atoms with E-state index in [0.29, 0.717) is 12.1 Å². The third kappa shape index (κ3) is 2.91. The Hall–Kier alpha value is -1.60. The molecule has 24 heavy (non-hydrogen) atoms. The molecule has 0 bridgehead atoms. The summed E-state index contributed by atoms with van der Waals surface area (Å²) in [5.41, 5.74) is 0.418. The lowest BCUT2D eigenvalue weighted by Crippen LogP contribution is -2.35. The molecule has 1 aromatic carbocycles. The van der Waals surface area contributed by atoms with Gasteiger partial charge in [-0.05, 0) is 37.5 Å². The molecule has 2 saturated heterocycles. The maximum absolute atomic E-state index is 12.8. The Kier molecular flexibility index (Phi) is 4.57. The molecular weight excluding hydrogens is 352 g/mol. The third-order valence-corrected chi connectivity index (χ3v) is 6.60. The van der Waals surface area contributed by atoms with E-state index in [-0.39, 0.29) is 34.8 Å². The van der Waals surface area contributed by atoms with Crippen molar-refractivity contribution in [2.75, 3.05) is 16.6 Å². The molecule has 2 aliphatic rings. The molecule has 1 aromatic rings. The van der Waals surface area contributed by atoms with Gasteiger partial charge in [-0.2, -0.15) is 0 Å². The second-order valence-corrected chi connectivity index (χ2v) is 8.44. The van der Waals surface area contributed by atoms with E-state index >= 15 is 0 Å².